The topological polar surface area (TPSA) is 90.0 Å². The van der Waals surface area contributed by atoms with Gasteiger partial charge in [0.1, 0.15) is 0 Å². The van der Waals surface area contributed by atoms with Crippen LogP contribution in [0.15, 0.2) is 77.7 Å². The summed E-state index contributed by atoms with van der Waals surface area (Å²) in [5.41, 5.74) is 4.10. The number of rotatable bonds is 5. The van der Waals surface area contributed by atoms with E-state index in [9.17, 15) is 18.3 Å². The van der Waals surface area contributed by atoms with Crippen LogP contribution in [0.5, 0.6) is 0 Å². The number of carbonyl (C=O) groups is 1. The lowest BCUT2D eigenvalue weighted by Crippen LogP contribution is -2.42. The summed E-state index contributed by atoms with van der Waals surface area (Å²) in [6, 6.07) is 21.3. The number of benzene rings is 3. The van der Waals surface area contributed by atoms with Crippen molar-refractivity contribution in [2.75, 3.05) is 32.6 Å². The summed E-state index contributed by atoms with van der Waals surface area (Å²) in [6.07, 6.45) is 0.658. The second-order valence-electron chi connectivity index (χ2n) is 9.34. The van der Waals surface area contributed by atoms with Crippen molar-refractivity contribution >= 4 is 21.6 Å². The van der Waals surface area contributed by atoms with Gasteiger partial charge >= 0.3 is 0 Å². The highest BCUT2D eigenvalue weighted by molar-refractivity contribution is 7.89. The smallest absolute Gasteiger partial charge is 0.253 e. The van der Waals surface area contributed by atoms with Crippen LogP contribution in [0, 0.1) is 5.92 Å². The number of fused-ring (bicyclic) bond motifs is 3. The molecule has 3 aromatic carbocycles. The van der Waals surface area contributed by atoms with Crippen LogP contribution >= 0.6 is 0 Å². The molecule has 0 saturated carbocycles. The molecule has 5 rings (SSSR count). The largest absolute Gasteiger partial charge is 0.394 e. The minimum atomic E-state index is -3.71. The molecule has 2 heterocycles. The second kappa shape index (κ2) is 9.11. The third-order valence-corrected chi connectivity index (χ3v) is 8.92. The zero-order valence-electron chi connectivity index (χ0n) is 19.8. The summed E-state index contributed by atoms with van der Waals surface area (Å²) in [6.45, 7) is 0.317. The summed E-state index contributed by atoms with van der Waals surface area (Å²) in [5.74, 6) is -0.129. The molecule has 1 saturated heterocycles. The van der Waals surface area contributed by atoms with E-state index in [2.05, 4.69) is 5.32 Å². The Kier molecular flexibility index (Phi) is 6.13. The number of nitrogens with one attached hydrogen (secondary N) is 1. The maximum absolute atomic E-state index is 13.6. The van der Waals surface area contributed by atoms with E-state index in [0.29, 0.717) is 18.5 Å². The first-order valence-electron chi connectivity index (χ1n) is 11.7. The molecule has 35 heavy (non-hydrogen) atoms. The first-order valence-corrected chi connectivity index (χ1v) is 13.2. The van der Waals surface area contributed by atoms with Gasteiger partial charge < -0.3 is 15.3 Å². The monoisotopic (exact) mass is 491 g/mol. The Morgan fingerprint density at radius 1 is 1.03 bits per heavy atom. The molecule has 0 spiro atoms. The zero-order chi connectivity index (χ0) is 24.7. The molecule has 3 aromatic rings. The fraction of sp³-hybridized carbons (Fsp3) is 0.296. The highest BCUT2D eigenvalue weighted by atomic mass is 32.2. The first kappa shape index (κ1) is 23.5. The van der Waals surface area contributed by atoms with Gasteiger partial charge in [-0.15, -0.1) is 0 Å². The van der Waals surface area contributed by atoms with Crippen molar-refractivity contribution in [2.45, 2.75) is 23.4 Å². The van der Waals surface area contributed by atoms with Crippen molar-refractivity contribution < 1.29 is 18.3 Å². The van der Waals surface area contributed by atoms with Crippen molar-refractivity contribution in [2.24, 2.45) is 5.92 Å². The van der Waals surface area contributed by atoms with Gasteiger partial charge in [0.2, 0.25) is 10.0 Å². The van der Waals surface area contributed by atoms with Gasteiger partial charge in [-0.1, -0.05) is 36.4 Å². The molecule has 1 fully saturated rings. The van der Waals surface area contributed by atoms with Gasteiger partial charge in [0.05, 0.1) is 23.6 Å². The molecule has 7 nitrogen and oxygen atoms in total. The Morgan fingerprint density at radius 2 is 1.77 bits per heavy atom. The molecule has 0 aliphatic carbocycles. The maximum Gasteiger partial charge on any atom is 0.253 e. The second-order valence-corrected chi connectivity index (χ2v) is 11.2. The molecular weight excluding hydrogens is 462 g/mol. The molecule has 1 amide bonds. The van der Waals surface area contributed by atoms with E-state index >= 15 is 0 Å². The number of aliphatic hydroxyl groups is 1. The Hall–Kier alpha value is -3.20. The highest BCUT2D eigenvalue weighted by Crippen LogP contribution is 2.49. The summed E-state index contributed by atoms with van der Waals surface area (Å²) < 4.78 is 28.9. The number of hydrogen-bond donors (Lipinski definition) is 2. The third kappa shape index (κ3) is 4.11. The molecule has 8 heteroatoms. The standard InChI is InChI=1S/C27H29N3O4S/c1-29(2)27(32)20-8-6-7-18(15-20)19-11-12-24-23(16-19)26-22(25(17-31)28-24)13-14-30(26)35(33,34)21-9-4-3-5-10-21/h3-12,15-16,22,25-26,28,31H,13-14,17H2,1-2H3/t22-,25+,26-/m0/s1. The summed E-state index contributed by atoms with van der Waals surface area (Å²) in [7, 11) is -0.272. The lowest BCUT2D eigenvalue weighted by molar-refractivity contribution is 0.0827. The van der Waals surface area contributed by atoms with Crippen LogP contribution in [0.25, 0.3) is 11.1 Å². The van der Waals surface area contributed by atoms with Crippen LogP contribution in [0.3, 0.4) is 0 Å². The summed E-state index contributed by atoms with van der Waals surface area (Å²) >= 11 is 0. The van der Waals surface area contributed by atoms with Crippen LogP contribution in [0.1, 0.15) is 28.4 Å². The lowest BCUT2D eigenvalue weighted by Gasteiger charge is -2.39. The van der Waals surface area contributed by atoms with Crippen molar-refractivity contribution in [3.63, 3.8) is 0 Å². The van der Waals surface area contributed by atoms with E-state index in [1.54, 1.807) is 59.7 Å². The van der Waals surface area contributed by atoms with Gasteiger partial charge in [-0.25, -0.2) is 8.42 Å². The predicted molar refractivity (Wildman–Crippen MR) is 136 cm³/mol. The molecule has 3 atom stereocenters. The van der Waals surface area contributed by atoms with Gasteiger partial charge in [0, 0.05) is 37.8 Å². The van der Waals surface area contributed by atoms with E-state index in [0.717, 1.165) is 22.4 Å². The normalized spacial score (nSPS) is 21.6. The van der Waals surface area contributed by atoms with Crippen LogP contribution in [-0.4, -0.2) is 61.9 Å². The Labute approximate surface area is 206 Å². The minimum absolute atomic E-state index is 0.0529. The molecule has 2 N–H and O–H groups in total. The van der Waals surface area contributed by atoms with Crippen molar-refractivity contribution in [1.82, 2.24) is 9.21 Å². The average molecular weight is 492 g/mol. The van der Waals surface area contributed by atoms with E-state index < -0.39 is 10.0 Å². The Bertz CT molecular complexity index is 1360. The number of sulfonamides is 1. The number of amides is 1. The first-order chi connectivity index (χ1) is 16.8. The van der Waals surface area contributed by atoms with Gasteiger partial charge in [-0.3, -0.25) is 4.79 Å². The van der Waals surface area contributed by atoms with Crippen LogP contribution in [0.4, 0.5) is 5.69 Å². The van der Waals surface area contributed by atoms with Crippen LogP contribution < -0.4 is 5.32 Å². The molecular formula is C27H29N3O4S. The van der Waals surface area contributed by atoms with Gasteiger partial charge in [-0.05, 0) is 59.5 Å². The number of hydrogen-bond acceptors (Lipinski definition) is 5. The van der Waals surface area contributed by atoms with Gasteiger partial charge in [0.25, 0.3) is 5.91 Å². The third-order valence-electron chi connectivity index (χ3n) is 7.02. The maximum atomic E-state index is 13.6. The van der Waals surface area contributed by atoms with Crippen molar-refractivity contribution in [3.05, 3.63) is 83.9 Å². The molecule has 0 aromatic heterocycles. The number of nitrogens with zero attached hydrogens (tertiary/aromatic N) is 2. The minimum Gasteiger partial charge on any atom is -0.394 e. The molecule has 0 radical (unpaired) electrons. The van der Waals surface area contributed by atoms with Crippen LogP contribution in [0.2, 0.25) is 0 Å². The molecule has 2 aliphatic rings. The number of anilines is 1. The fourth-order valence-corrected chi connectivity index (χ4v) is 6.97. The Balaban J connectivity index is 1.59. The highest BCUT2D eigenvalue weighted by Gasteiger charge is 2.48. The van der Waals surface area contributed by atoms with E-state index in [1.165, 1.54) is 0 Å². The molecule has 2 aliphatic heterocycles. The zero-order valence-corrected chi connectivity index (χ0v) is 20.6. The predicted octanol–water partition coefficient (Wildman–Crippen LogP) is 3.59. The van der Waals surface area contributed by atoms with Crippen molar-refractivity contribution in [1.29, 1.82) is 0 Å². The van der Waals surface area contributed by atoms with Crippen molar-refractivity contribution in [3.8, 4) is 11.1 Å². The number of carbonyl (C=O) groups excluding carboxylic acids is 1. The van der Waals surface area contributed by atoms with E-state index in [4.69, 9.17) is 0 Å². The summed E-state index contributed by atoms with van der Waals surface area (Å²) in [4.78, 5) is 14.3. The van der Waals surface area contributed by atoms with E-state index in [1.807, 2.05) is 36.4 Å². The molecule has 0 unspecified atom stereocenters. The Morgan fingerprint density at radius 3 is 2.49 bits per heavy atom. The van der Waals surface area contributed by atoms with Crippen LogP contribution in [-0.2, 0) is 10.0 Å². The molecule has 0 bridgehead atoms. The average Bonchev–Trinajstić information content (AvgIpc) is 3.34. The fourth-order valence-electron chi connectivity index (χ4n) is 5.29. The molecule has 182 valence electrons. The van der Waals surface area contributed by atoms with E-state index in [-0.39, 0.29) is 35.4 Å². The SMILES string of the molecule is CN(C)C(=O)c1cccc(-c2ccc3c(c2)[C@@H]2[C@@H](CCN2S(=O)(=O)c2ccccc2)[C@@H](CO)N3)c1. The van der Waals surface area contributed by atoms with Gasteiger partial charge in [0.15, 0.2) is 0 Å². The quantitative estimate of drug-likeness (QED) is 0.569. The van der Waals surface area contributed by atoms with Gasteiger partial charge in [-0.2, -0.15) is 4.31 Å². The summed E-state index contributed by atoms with van der Waals surface area (Å²) in [5, 5.41) is 13.5. The number of aliphatic hydroxyl groups excluding tert-OH is 1. The lowest BCUT2D eigenvalue weighted by atomic mass is 9.82.